The minimum absolute atomic E-state index is 0.0665. The normalized spacial score (nSPS) is 15.3. The van der Waals surface area contributed by atoms with Crippen molar-refractivity contribution in [2.24, 2.45) is 0 Å². The van der Waals surface area contributed by atoms with E-state index in [9.17, 15) is 9.59 Å². The fourth-order valence-corrected chi connectivity index (χ4v) is 3.61. The second-order valence-electron chi connectivity index (χ2n) is 7.87. The van der Waals surface area contributed by atoms with E-state index in [-0.39, 0.29) is 31.1 Å². The number of anilines is 1. The van der Waals surface area contributed by atoms with Gasteiger partial charge in [0.25, 0.3) is 5.91 Å². The van der Waals surface area contributed by atoms with Gasteiger partial charge in [-0.2, -0.15) is 0 Å². The van der Waals surface area contributed by atoms with E-state index in [1.54, 1.807) is 12.1 Å². The Morgan fingerprint density at radius 3 is 2.53 bits per heavy atom. The minimum Gasteiger partial charge on any atom is -0.490 e. The number of hydrogen-bond acceptors (Lipinski definition) is 5. The quantitative estimate of drug-likeness (QED) is 0.609. The average Bonchev–Trinajstić information content (AvgIpc) is 3.29. The third-order valence-corrected chi connectivity index (χ3v) is 5.51. The molecule has 0 aromatic heterocycles. The molecular formula is C25H32N2O5. The predicted molar refractivity (Wildman–Crippen MR) is 123 cm³/mol. The van der Waals surface area contributed by atoms with E-state index in [1.807, 2.05) is 51.1 Å². The molecule has 1 aliphatic rings. The molecule has 172 valence electrons. The summed E-state index contributed by atoms with van der Waals surface area (Å²) in [6, 6.07) is 13.0. The van der Waals surface area contributed by atoms with Crippen molar-refractivity contribution in [3.05, 3.63) is 53.6 Å². The molecule has 0 radical (unpaired) electrons. The number of hydrogen-bond donors (Lipinski definition) is 1. The number of nitrogens with one attached hydrogen (secondary N) is 1. The van der Waals surface area contributed by atoms with Crippen LogP contribution in [-0.2, 0) is 14.3 Å². The molecule has 2 aromatic rings. The van der Waals surface area contributed by atoms with Gasteiger partial charge in [0, 0.05) is 18.8 Å². The maximum absolute atomic E-state index is 13.0. The summed E-state index contributed by atoms with van der Waals surface area (Å²) in [6.45, 7) is 7.13. The number of carbonyl (C=O) groups excluding carboxylic acids is 2. The average molecular weight is 441 g/mol. The van der Waals surface area contributed by atoms with Gasteiger partial charge < -0.3 is 24.4 Å². The molecule has 0 bridgehead atoms. The predicted octanol–water partition coefficient (Wildman–Crippen LogP) is 3.73. The highest BCUT2D eigenvalue weighted by Gasteiger charge is 2.25. The molecule has 7 nitrogen and oxygen atoms in total. The fourth-order valence-electron chi connectivity index (χ4n) is 3.61. The first kappa shape index (κ1) is 23.6. The van der Waals surface area contributed by atoms with Crippen molar-refractivity contribution in [2.75, 3.05) is 38.2 Å². The molecule has 0 spiro atoms. The monoisotopic (exact) mass is 440 g/mol. The molecule has 3 rings (SSSR count). The van der Waals surface area contributed by atoms with Gasteiger partial charge in [-0.05, 0) is 62.9 Å². The Kier molecular flexibility index (Phi) is 8.50. The van der Waals surface area contributed by atoms with Crippen molar-refractivity contribution >= 4 is 17.5 Å². The summed E-state index contributed by atoms with van der Waals surface area (Å²) in [7, 11) is 0. The Hall–Kier alpha value is -3.06. The van der Waals surface area contributed by atoms with Gasteiger partial charge in [-0.3, -0.25) is 9.59 Å². The topological polar surface area (TPSA) is 77.1 Å². The van der Waals surface area contributed by atoms with Crippen LogP contribution in [0.5, 0.6) is 11.5 Å². The molecule has 0 aliphatic carbocycles. The van der Waals surface area contributed by atoms with Crippen molar-refractivity contribution in [3.63, 3.8) is 0 Å². The summed E-state index contributed by atoms with van der Waals surface area (Å²) < 4.78 is 17.0. The van der Waals surface area contributed by atoms with E-state index in [4.69, 9.17) is 14.2 Å². The van der Waals surface area contributed by atoms with E-state index >= 15 is 0 Å². The summed E-state index contributed by atoms with van der Waals surface area (Å²) in [5.74, 6) is 0.559. The molecule has 1 N–H and O–H groups in total. The van der Waals surface area contributed by atoms with E-state index in [0.717, 1.165) is 29.7 Å². The van der Waals surface area contributed by atoms with Crippen molar-refractivity contribution in [1.82, 2.24) is 4.90 Å². The number of aryl methyl sites for hydroxylation is 1. The molecule has 2 amide bonds. The van der Waals surface area contributed by atoms with E-state index in [1.165, 1.54) is 4.90 Å². The largest absolute Gasteiger partial charge is 0.490 e. The maximum atomic E-state index is 13.0. The number of ether oxygens (including phenoxy) is 3. The van der Waals surface area contributed by atoms with Crippen LogP contribution in [0.15, 0.2) is 42.5 Å². The molecule has 32 heavy (non-hydrogen) atoms. The fraction of sp³-hybridized carbons (Fsp3) is 0.440. The SMILES string of the molecule is CCOc1ccccc1OCC(=O)N(CC(=O)Nc1cccc(C)c1C)CC1CCCO1. The minimum atomic E-state index is -0.275. The van der Waals surface area contributed by atoms with Crippen LogP contribution in [-0.4, -0.2) is 55.7 Å². The lowest BCUT2D eigenvalue weighted by Gasteiger charge is -2.25. The van der Waals surface area contributed by atoms with Crippen molar-refractivity contribution in [1.29, 1.82) is 0 Å². The lowest BCUT2D eigenvalue weighted by Crippen LogP contribution is -2.44. The first-order valence-corrected chi connectivity index (χ1v) is 11.1. The molecule has 1 unspecified atom stereocenters. The molecule has 0 saturated carbocycles. The van der Waals surface area contributed by atoms with Crippen LogP contribution < -0.4 is 14.8 Å². The Morgan fingerprint density at radius 2 is 1.84 bits per heavy atom. The number of amides is 2. The molecule has 1 aliphatic heterocycles. The summed E-state index contributed by atoms with van der Waals surface area (Å²) >= 11 is 0. The lowest BCUT2D eigenvalue weighted by atomic mass is 10.1. The Bertz CT molecular complexity index is 924. The Labute approximate surface area is 189 Å². The summed E-state index contributed by atoms with van der Waals surface area (Å²) in [5.41, 5.74) is 2.85. The van der Waals surface area contributed by atoms with Crippen molar-refractivity contribution in [3.8, 4) is 11.5 Å². The smallest absolute Gasteiger partial charge is 0.261 e. The van der Waals surface area contributed by atoms with E-state index in [2.05, 4.69) is 5.32 Å². The second kappa shape index (κ2) is 11.5. The maximum Gasteiger partial charge on any atom is 0.261 e. The van der Waals surface area contributed by atoms with Crippen LogP contribution in [0.3, 0.4) is 0 Å². The van der Waals surface area contributed by atoms with Crippen LogP contribution in [0.2, 0.25) is 0 Å². The Balaban J connectivity index is 1.65. The van der Waals surface area contributed by atoms with Gasteiger partial charge in [-0.15, -0.1) is 0 Å². The highest BCUT2D eigenvalue weighted by atomic mass is 16.5. The van der Waals surface area contributed by atoms with Gasteiger partial charge in [-0.25, -0.2) is 0 Å². The molecule has 2 aromatic carbocycles. The number of carbonyl (C=O) groups is 2. The van der Waals surface area contributed by atoms with Gasteiger partial charge in [0.1, 0.15) is 6.54 Å². The summed E-state index contributed by atoms with van der Waals surface area (Å²) in [4.78, 5) is 27.3. The van der Waals surface area contributed by atoms with Crippen LogP contribution >= 0.6 is 0 Å². The zero-order valence-corrected chi connectivity index (χ0v) is 19.1. The van der Waals surface area contributed by atoms with Crippen molar-refractivity contribution in [2.45, 2.75) is 39.7 Å². The van der Waals surface area contributed by atoms with Gasteiger partial charge in [0.05, 0.1) is 12.7 Å². The first-order chi connectivity index (χ1) is 15.5. The molecule has 1 heterocycles. The van der Waals surface area contributed by atoms with Gasteiger partial charge in [-0.1, -0.05) is 24.3 Å². The van der Waals surface area contributed by atoms with Crippen molar-refractivity contribution < 1.29 is 23.8 Å². The zero-order valence-electron chi connectivity index (χ0n) is 19.1. The molecule has 7 heteroatoms. The number of rotatable bonds is 10. The van der Waals surface area contributed by atoms with Gasteiger partial charge in [0.15, 0.2) is 18.1 Å². The van der Waals surface area contributed by atoms with Crippen LogP contribution in [0.1, 0.15) is 30.9 Å². The molecule has 1 fully saturated rings. The molecule has 1 saturated heterocycles. The lowest BCUT2D eigenvalue weighted by molar-refractivity contribution is -0.138. The molecule has 1 atom stereocenters. The summed E-state index contributed by atoms with van der Waals surface area (Å²) in [5, 5.41) is 2.93. The van der Waals surface area contributed by atoms with Crippen LogP contribution in [0.25, 0.3) is 0 Å². The number of para-hydroxylation sites is 2. The van der Waals surface area contributed by atoms with Gasteiger partial charge >= 0.3 is 0 Å². The van der Waals surface area contributed by atoms with E-state index < -0.39 is 0 Å². The van der Waals surface area contributed by atoms with Crippen LogP contribution in [0.4, 0.5) is 5.69 Å². The standard InChI is InChI=1S/C25H32N2O5/c1-4-30-22-12-5-6-13-23(22)32-17-25(29)27(15-20-10-8-14-31-20)16-24(28)26-21-11-7-9-18(2)19(21)3/h5-7,9,11-13,20H,4,8,10,14-17H2,1-3H3,(H,26,28). The third kappa shape index (κ3) is 6.47. The summed E-state index contributed by atoms with van der Waals surface area (Å²) in [6.07, 6.45) is 1.76. The number of benzene rings is 2. The first-order valence-electron chi connectivity index (χ1n) is 11.1. The third-order valence-electron chi connectivity index (χ3n) is 5.51. The highest BCUT2D eigenvalue weighted by molar-refractivity contribution is 5.95. The van der Waals surface area contributed by atoms with E-state index in [0.29, 0.717) is 31.3 Å². The zero-order chi connectivity index (χ0) is 22.9. The number of nitrogens with zero attached hydrogens (tertiary/aromatic N) is 1. The van der Waals surface area contributed by atoms with Crippen LogP contribution in [0, 0.1) is 13.8 Å². The second-order valence-corrected chi connectivity index (χ2v) is 7.87. The van der Waals surface area contributed by atoms with Gasteiger partial charge in [0.2, 0.25) is 5.91 Å². The molecular weight excluding hydrogens is 408 g/mol. The Morgan fingerprint density at radius 1 is 1.09 bits per heavy atom. The highest BCUT2D eigenvalue weighted by Crippen LogP contribution is 2.26.